The molecular weight excluding hydrogens is 357 g/mol. The van der Waals surface area contributed by atoms with Crippen LogP contribution in [0.25, 0.3) is 5.69 Å². The molecule has 1 saturated carbocycles. The molecular formula is C22H20FN3O2. The fraction of sp³-hybridized carbons (Fsp3) is 0.318. The van der Waals surface area contributed by atoms with Crippen molar-refractivity contribution in [2.24, 2.45) is 28.8 Å². The maximum absolute atomic E-state index is 14.2. The van der Waals surface area contributed by atoms with Gasteiger partial charge in [0.2, 0.25) is 0 Å². The molecule has 3 aliphatic rings. The molecule has 2 amide bonds. The minimum Gasteiger partial charge on any atom is -0.315 e. The third-order valence-electron chi connectivity index (χ3n) is 6.32. The van der Waals surface area contributed by atoms with Gasteiger partial charge in [0.1, 0.15) is 5.82 Å². The molecule has 1 aliphatic heterocycles. The molecule has 1 aromatic heterocycles. The van der Waals surface area contributed by atoms with Crippen LogP contribution >= 0.6 is 0 Å². The van der Waals surface area contributed by atoms with Crippen molar-refractivity contribution in [2.75, 3.05) is 0 Å². The number of aromatic nitrogens is 1. The number of imide groups is 1. The van der Waals surface area contributed by atoms with E-state index in [0.717, 1.165) is 28.4 Å². The Kier molecular flexibility index (Phi) is 3.66. The second-order valence-corrected chi connectivity index (χ2v) is 7.85. The largest absolute Gasteiger partial charge is 0.315 e. The number of hydrazone groups is 1. The molecule has 4 atom stereocenters. The summed E-state index contributed by atoms with van der Waals surface area (Å²) in [5.74, 6) is -0.906. The van der Waals surface area contributed by atoms with Gasteiger partial charge in [0, 0.05) is 17.0 Å². The number of hydrogen-bond acceptors (Lipinski definition) is 3. The van der Waals surface area contributed by atoms with Crippen molar-refractivity contribution in [2.45, 2.75) is 20.3 Å². The van der Waals surface area contributed by atoms with Crippen molar-refractivity contribution in [1.29, 1.82) is 0 Å². The molecule has 1 saturated heterocycles. The van der Waals surface area contributed by atoms with E-state index in [4.69, 9.17) is 0 Å². The Morgan fingerprint density at radius 2 is 1.71 bits per heavy atom. The number of allylic oxidation sites excluding steroid dienone is 2. The minimum absolute atomic E-state index is 0.165. The van der Waals surface area contributed by atoms with Gasteiger partial charge in [-0.1, -0.05) is 24.3 Å². The van der Waals surface area contributed by atoms with Crippen LogP contribution in [0.1, 0.15) is 23.4 Å². The monoisotopic (exact) mass is 377 g/mol. The number of rotatable bonds is 3. The second-order valence-electron chi connectivity index (χ2n) is 7.85. The van der Waals surface area contributed by atoms with Crippen molar-refractivity contribution in [3.05, 3.63) is 65.3 Å². The average Bonchev–Trinajstić information content (AvgIpc) is 3.40. The molecule has 0 N–H and O–H groups in total. The van der Waals surface area contributed by atoms with Crippen LogP contribution < -0.4 is 0 Å². The Balaban J connectivity index is 1.46. The molecule has 2 aliphatic carbocycles. The molecule has 5 nitrogen and oxygen atoms in total. The highest BCUT2D eigenvalue weighted by Gasteiger charge is 2.59. The number of hydrogen-bond donors (Lipinski definition) is 0. The lowest BCUT2D eigenvalue weighted by Gasteiger charge is -2.13. The molecule has 142 valence electrons. The van der Waals surface area contributed by atoms with Crippen LogP contribution in [0.4, 0.5) is 4.39 Å². The summed E-state index contributed by atoms with van der Waals surface area (Å²) in [6.45, 7) is 3.75. The first kappa shape index (κ1) is 17.1. The van der Waals surface area contributed by atoms with Crippen molar-refractivity contribution in [3.8, 4) is 5.69 Å². The fourth-order valence-electron chi connectivity index (χ4n) is 5.04. The Hall–Kier alpha value is -3.02. The van der Waals surface area contributed by atoms with Gasteiger partial charge in [0.05, 0.1) is 23.7 Å². The Bertz CT molecular complexity index is 1040. The first-order valence-electron chi connectivity index (χ1n) is 9.51. The molecule has 6 heteroatoms. The van der Waals surface area contributed by atoms with E-state index in [1.54, 1.807) is 18.2 Å². The Labute approximate surface area is 162 Å². The summed E-state index contributed by atoms with van der Waals surface area (Å²) < 4.78 is 16.0. The van der Waals surface area contributed by atoms with Gasteiger partial charge in [0.25, 0.3) is 11.8 Å². The number of carbonyl (C=O) groups is 2. The van der Waals surface area contributed by atoms with Crippen molar-refractivity contribution < 1.29 is 14.0 Å². The van der Waals surface area contributed by atoms with Crippen LogP contribution in [0.15, 0.2) is 47.6 Å². The molecule has 2 bridgehead atoms. The number of aryl methyl sites for hydroxylation is 1. The van der Waals surface area contributed by atoms with Crippen molar-refractivity contribution >= 4 is 18.0 Å². The predicted octanol–water partition coefficient (Wildman–Crippen LogP) is 3.37. The zero-order valence-electron chi connectivity index (χ0n) is 15.7. The van der Waals surface area contributed by atoms with Gasteiger partial charge in [-0.3, -0.25) is 9.59 Å². The Morgan fingerprint density at radius 3 is 2.36 bits per heavy atom. The van der Waals surface area contributed by atoms with E-state index in [-0.39, 0.29) is 41.3 Å². The summed E-state index contributed by atoms with van der Waals surface area (Å²) in [6.07, 6.45) is 6.55. The number of halogens is 1. The van der Waals surface area contributed by atoms with Gasteiger partial charge in [0.15, 0.2) is 0 Å². The maximum atomic E-state index is 14.2. The smallest absolute Gasteiger partial charge is 0.254 e. The molecule has 0 radical (unpaired) electrons. The fourth-order valence-corrected chi connectivity index (χ4v) is 5.04. The third kappa shape index (κ3) is 2.27. The molecule has 2 fully saturated rings. The lowest BCUT2D eigenvalue weighted by atomic mass is 9.85. The van der Waals surface area contributed by atoms with Crippen LogP contribution in [0, 0.1) is 43.3 Å². The Morgan fingerprint density at radius 1 is 1.07 bits per heavy atom. The van der Waals surface area contributed by atoms with Crippen LogP contribution in [0.5, 0.6) is 0 Å². The summed E-state index contributed by atoms with van der Waals surface area (Å²) in [6, 6.07) is 8.45. The van der Waals surface area contributed by atoms with E-state index >= 15 is 0 Å². The summed E-state index contributed by atoms with van der Waals surface area (Å²) in [5.41, 5.74) is 2.86. The molecule has 5 rings (SSSR count). The van der Waals surface area contributed by atoms with Crippen LogP contribution in [-0.2, 0) is 9.59 Å². The van der Waals surface area contributed by atoms with E-state index in [2.05, 4.69) is 17.3 Å². The SMILES string of the molecule is Cc1cc(C=NN2C(=O)C3C4C=CC(C4)C3C2=O)c(C)n1-c1ccccc1F. The first-order chi connectivity index (χ1) is 13.5. The summed E-state index contributed by atoms with van der Waals surface area (Å²) >= 11 is 0. The minimum atomic E-state index is -0.312. The van der Waals surface area contributed by atoms with Crippen molar-refractivity contribution in [1.82, 2.24) is 9.58 Å². The van der Waals surface area contributed by atoms with E-state index in [0.29, 0.717) is 5.69 Å². The third-order valence-corrected chi connectivity index (χ3v) is 6.32. The van der Waals surface area contributed by atoms with Crippen LogP contribution in [0.3, 0.4) is 0 Å². The summed E-state index contributed by atoms with van der Waals surface area (Å²) in [7, 11) is 0. The van der Waals surface area contributed by atoms with E-state index < -0.39 is 0 Å². The highest BCUT2D eigenvalue weighted by Crippen LogP contribution is 2.52. The molecule has 28 heavy (non-hydrogen) atoms. The van der Waals surface area contributed by atoms with Gasteiger partial charge in [-0.05, 0) is 50.3 Å². The zero-order valence-corrected chi connectivity index (χ0v) is 15.7. The van der Waals surface area contributed by atoms with Gasteiger partial charge < -0.3 is 4.57 Å². The first-order valence-corrected chi connectivity index (χ1v) is 9.51. The number of fused-ring (bicyclic) bond motifs is 5. The van der Waals surface area contributed by atoms with E-state index in [9.17, 15) is 14.0 Å². The highest BCUT2D eigenvalue weighted by atomic mass is 19.1. The summed E-state index contributed by atoms with van der Waals surface area (Å²) in [5, 5.41) is 5.28. The molecule has 2 aromatic rings. The van der Waals surface area contributed by atoms with Crippen molar-refractivity contribution in [3.63, 3.8) is 0 Å². The van der Waals surface area contributed by atoms with Crippen LogP contribution in [0.2, 0.25) is 0 Å². The van der Waals surface area contributed by atoms with Gasteiger partial charge in [-0.15, -0.1) is 0 Å². The molecule has 1 aromatic carbocycles. The van der Waals surface area contributed by atoms with E-state index in [1.807, 2.05) is 24.5 Å². The topological polar surface area (TPSA) is 54.7 Å². The second kappa shape index (κ2) is 5.99. The average molecular weight is 377 g/mol. The number of nitrogens with zero attached hydrogens (tertiary/aromatic N) is 3. The normalized spacial score (nSPS) is 28.2. The van der Waals surface area contributed by atoms with Gasteiger partial charge in [-0.25, -0.2) is 4.39 Å². The zero-order chi connectivity index (χ0) is 19.6. The quantitative estimate of drug-likeness (QED) is 0.468. The van der Waals surface area contributed by atoms with Gasteiger partial charge >= 0.3 is 0 Å². The van der Waals surface area contributed by atoms with Crippen LogP contribution in [-0.4, -0.2) is 27.6 Å². The lowest BCUT2D eigenvalue weighted by Crippen LogP contribution is -2.28. The lowest BCUT2D eigenvalue weighted by molar-refractivity contribution is -0.140. The number of amides is 2. The number of para-hydroxylation sites is 1. The van der Waals surface area contributed by atoms with Gasteiger partial charge in [-0.2, -0.15) is 10.1 Å². The standard InChI is InChI=1S/C22H20FN3O2/c1-12-9-16(13(2)25(12)18-6-4-3-5-17(18)23)11-24-26-21(27)19-14-7-8-15(10-14)20(19)22(26)28/h3-9,11,14-15,19-20H,10H2,1-2H3. The number of carbonyl (C=O) groups excluding carboxylic acids is 2. The highest BCUT2D eigenvalue weighted by molar-refractivity contribution is 6.06. The predicted molar refractivity (Wildman–Crippen MR) is 102 cm³/mol. The number of benzene rings is 1. The molecule has 4 unspecified atom stereocenters. The summed E-state index contributed by atoms with van der Waals surface area (Å²) in [4.78, 5) is 25.5. The molecule has 2 heterocycles. The molecule has 0 spiro atoms. The van der Waals surface area contributed by atoms with E-state index in [1.165, 1.54) is 12.3 Å². The maximum Gasteiger partial charge on any atom is 0.254 e.